The summed E-state index contributed by atoms with van der Waals surface area (Å²) < 4.78 is 11.3. The van der Waals surface area contributed by atoms with Gasteiger partial charge in [0.25, 0.3) is 0 Å². The molecule has 3 rings (SSSR count). The molecule has 2 fully saturated rings. The molecule has 1 saturated heterocycles. The maximum absolute atomic E-state index is 11.5. The molecule has 0 aromatic heterocycles. The third-order valence-electron chi connectivity index (χ3n) is 6.55. The third-order valence-corrected chi connectivity index (χ3v) is 6.55. The van der Waals surface area contributed by atoms with E-state index in [1.807, 2.05) is 6.92 Å². The van der Waals surface area contributed by atoms with Crippen LogP contribution in [0.4, 0.5) is 0 Å². The smallest absolute Gasteiger partial charge is 0.307 e. The summed E-state index contributed by atoms with van der Waals surface area (Å²) in [5.74, 6) is 2.47. The number of piperidine rings is 1. The molecule has 0 atom stereocenters. The lowest BCUT2D eigenvalue weighted by Gasteiger charge is -2.32. The van der Waals surface area contributed by atoms with Gasteiger partial charge in [-0.05, 0) is 88.1 Å². The molecule has 1 saturated carbocycles. The number of likely N-dealkylation sites (tertiary alicyclic amines) is 1. The molecule has 0 radical (unpaired) electrons. The van der Waals surface area contributed by atoms with E-state index in [0.717, 1.165) is 44.1 Å². The Labute approximate surface area is 170 Å². The highest BCUT2D eigenvalue weighted by atomic mass is 16.5. The number of ether oxygens (including phenoxy) is 2. The highest BCUT2D eigenvalue weighted by Gasteiger charge is 2.23. The van der Waals surface area contributed by atoms with E-state index in [9.17, 15) is 4.79 Å². The summed E-state index contributed by atoms with van der Waals surface area (Å²) in [6.07, 6.45) is 9.55. The van der Waals surface area contributed by atoms with Crippen molar-refractivity contribution in [2.24, 2.45) is 5.92 Å². The fourth-order valence-corrected chi connectivity index (χ4v) is 4.64. The molecule has 1 aromatic carbocycles. The van der Waals surface area contributed by atoms with E-state index in [0.29, 0.717) is 25.0 Å². The zero-order valence-electron chi connectivity index (χ0n) is 17.7. The molecule has 1 aromatic rings. The van der Waals surface area contributed by atoms with Gasteiger partial charge in [-0.25, -0.2) is 0 Å². The van der Waals surface area contributed by atoms with Crippen LogP contribution in [0.15, 0.2) is 24.3 Å². The van der Waals surface area contributed by atoms with E-state index in [2.05, 4.69) is 36.1 Å². The van der Waals surface area contributed by atoms with E-state index in [1.54, 1.807) is 0 Å². The molecular formula is C24H37NO3. The molecule has 0 bridgehead atoms. The van der Waals surface area contributed by atoms with E-state index in [-0.39, 0.29) is 5.97 Å². The molecule has 0 N–H and O–H groups in total. The van der Waals surface area contributed by atoms with Crippen molar-refractivity contribution in [2.45, 2.75) is 77.2 Å². The minimum Gasteiger partial charge on any atom is -0.490 e. The molecule has 0 unspecified atom stereocenters. The van der Waals surface area contributed by atoms with Gasteiger partial charge in [0.15, 0.2) is 0 Å². The molecule has 1 heterocycles. The van der Waals surface area contributed by atoms with Crippen LogP contribution in [0.2, 0.25) is 0 Å². The number of carbonyl (C=O) groups excluding carboxylic acids is 1. The van der Waals surface area contributed by atoms with E-state index >= 15 is 0 Å². The molecule has 4 heteroatoms. The number of hydrogen-bond acceptors (Lipinski definition) is 4. The van der Waals surface area contributed by atoms with Gasteiger partial charge in [0.05, 0.1) is 19.1 Å². The Balaban J connectivity index is 1.40. The highest BCUT2D eigenvalue weighted by Crippen LogP contribution is 2.32. The Morgan fingerprint density at radius 3 is 2.29 bits per heavy atom. The second kappa shape index (κ2) is 10.8. The number of esters is 1. The normalized spacial score (nSPS) is 24.1. The van der Waals surface area contributed by atoms with Crippen LogP contribution < -0.4 is 4.74 Å². The molecule has 4 nitrogen and oxygen atoms in total. The quantitative estimate of drug-likeness (QED) is 0.577. The first kappa shape index (κ1) is 21.2. The summed E-state index contributed by atoms with van der Waals surface area (Å²) in [7, 11) is 0. The van der Waals surface area contributed by atoms with Gasteiger partial charge in [-0.1, -0.05) is 25.5 Å². The third kappa shape index (κ3) is 6.23. The second-order valence-electron chi connectivity index (χ2n) is 8.41. The predicted molar refractivity (Wildman–Crippen MR) is 113 cm³/mol. The number of benzene rings is 1. The lowest BCUT2D eigenvalue weighted by Crippen LogP contribution is -2.34. The van der Waals surface area contributed by atoms with Gasteiger partial charge >= 0.3 is 5.97 Å². The molecule has 0 spiro atoms. The van der Waals surface area contributed by atoms with Crippen molar-refractivity contribution in [3.63, 3.8) is 0 Å². The zero-order valence-corrected chi connectivity index (χ0v) is 17.7. The van der Waals surface area contributed by atoms with Crippen molar-refractivity contribution >= 4 is 5.97 Å². The van der Waals surface area contributed by atoms with Crippen LogP contribution in [0, 0.1) is 5.92 Å². The predicted octanol–water partition coefficient (Wildman–Crippen LogP) is 5.17. The number of carbonyl (C=O) groups is 1. The average Bonchev–Trinajstić information content (AvgIpc) is 2.74. The van der Waals surface area contributed by atoms with E-state index in [4.69, 9.17) is 9.47 Å². The van der Waals surface area contributed by atoms with Crippen LogP contribution in [0.3, 0.4) is 0 Å². The Morgan fingerprint density at radius 2 is 1.68 bits per heavy atom. The summed E-state index contributed by atoms with van der Waals surface area (Å²) >= 11 is 0. The summed E-state index contributed by atoms with van der Waals surface area (Å²) in [4.78, 5) is 13.9. The number of rotatable bonds is 8. The van der Waals surface area contributed by atoms with Crippen LogP contribution in [0.1, 0.15) is 76.7 Å². The van der Waals surface area contributed by atoms with Crippen molar-refractivity contribution < 1.29 is 14.3 Å². The van der Waals surface area contributed by atoms with Gasteiger partial charge in [0.2, 0.25) is 0 Å². The number of hydrogen-bond donors (Lipinski definition) is 0. The summed E-state index contributed by atoms with van der Waals surface area (Å²) in [6, 6.07) is 8.83. The largest absolute Gasteiger partial charge is 0.490 e. The SMILES string of the molecule is CCOC(=O)CCN1CCC(c2ccc(O[C@H]3CC[C@@H](CC)CC3)cc2)CC1. The van der Waals surface area contributed by atoms with Crippen LogP contribution >= 0.6 is 0 Å². The van der Waals surface area contributed by atoms with Crippen molar-refractivity contribution in [3.05, 3.63) is 29.8 Å². The Kier molecular flexibility index (Phi) is 8.20. The van der Waals surface area contributed by atoms with Crippen LogP contribution in [0.5, 0.6) is 5.75 Å². The average molecular weight is 388 g/mol. The van der Waals surface area contributed by atoms with Crippen LogP contribution in [-0.4, -0.2) is 43.2 Å². The van der Waals surface area contributed by atoms with Crippen LogP contribution in [-0.2, 0) is 9.53 Å². The van der Waals surface area contributed by atoms with Gasteiger partial charge in [-0.3, -0.25) is 4.79 Å². The Hall–Kier alpha value is -1.55. The lowest BCUT2D eigenvalue weighted by molar-refractivity contribution is -0.143. The van der Waals surface area contributed by atoms with Gasteiger partial charge in [-0.2, -0.15) is 0 Å². The monoisotopic (exact) mass is 387 g/mol. The zero-order chi connectivity index (χ0) is 19.8. The van der Waals surface area contributed by atoms with Crippen LogP contribution in [0.25, 0.3) is 0 Å². The van der Waals surface area contributed by atoms with Gasteiger partial charge < -0.3 is 14.4 Å². The minimum atomic E-state index is -0.0802. The maximum Gasteiger partial charge on any atom is 0.307 e. The fourth-order valence-electron chi connectivity index (χ4n) is 4.64. The minimum absolute atomic E-state index is 0.0802. The molecule has 0 amide bonds. The molecule has 28 heavy (non-hydrogen) atoms. The molecular weight excluding hydrogens is 350 g/mol. The first-order valence-electron chi connectivity index (χ1n) is 11.3. The first-order chi connectivity index (χ1) is 13.7. The highest BCUT2D eigenvalue weighted by molar-refractivity contribution is 5.69. The Bertz CT molecular complexity index is 584. The summed E-state index contributed by atoms with van der Waals surface area (Å²) in [6.45, 7) is 7.57. The summed E-state index contributed by atoms with van der Waals surface area (Å²) in [5, 5.41) is 0. The van der Waals surface area contributed by atoms with Crippen molar-refractivity contribution in [1.29, 1.82) is 0 Å². The second-order valence-corrected chi connectivity index (χ2v) is 8.41. The molecule has 2 aliphatic rings. The fraction of sp³-hybridized carbons (Fsp3) is 0.708. The molecule has 1 aliphatic carbocycles. The van der Waals surface area contributed by atoms with Gasteiger partial charge in [0, 0.05) is 6.54 Å². The number of nitrogens with zero attached hydrogens (tertiary/aromatic N) is 1. The lowest BCUT2D eigenvalue weighted by atomic mass is 9.86. The van der Waals surface area contributed by atoms with Gasteiger partial charge in [0.1, 0.15) is 5.75 Å². The van der Waals surface area contributed by atoms with Crippen molar-refractivity contribution in [1.82, 2.24) is 4.90 Å². The molecule has 156 valence electrons. The maximum atomic E-state index is 11.5. The standard InChI is InChI=1S/C24H37NO3/c1-3-19-5-9-22(10-6-19)28-23-11-7-20(8-12-23)21-13-16-25(17-14-21)18-15-24(26)27-4-2/h7-8,11-12,19,21-22H,3-6,9-10,13-18H2,1-2H3/t19-,22+. The topological polar surface area (TPSA) is 38.8 Å². The van der Waals surface area contributed by atoms with Crippen molar-refractivity contribution in [2.75, 3.05) is 26.2 Å². The first-order valence-corrected chi connectivity index (χ1v) is 11.3. The van der Waals surface area contributed by atoms with E-state index < -0.39 is 0 Å². The van der Waals surface area contributed by atoms with Crippen molar-refractivity contribution in [3.8, 4) is 5.75 Å². The summed E-state index contributed by atoms with van der Waals surface area (Å²) in [5.41, 5.74) is 1.42. The van der Waals surface area contributed by atoms with E-state index in [1.165, 1.54) is 37.7 Å². The Morgan fingerprint density at radius 1 is 1.00 bits per heavy atom. The van der Waals surface area contributed by atoms with Gasteiger partial charge in [-0.15, -0.1) is 0 Å². The molecule has 1 aliphatic heterocycles.